The van der Waals surface area contributed by atoms with E-state index in [1.807, 2.05) is 0 Å². The number of amides is 1. The Kier molecular flexibility index (Phi) is 7.08. The zero-order valence-corrected chi connectivity index (χ0v) is 6.68. The van der Waals surface area contributed by atoms with Crippen LogP contribution in [0, 0.1) is 0 Å². The molecule has 4 nitrogen and oxygen atoms in total. The normalized spacial score (nSPS) is 9.64. The van der Waals surface area contributed by atoms with Crippen molar-refractivity contribution in [3.63, 3.8) is 0 Å². The molecule has 0 fully saturated rings. The molecule has 0 aliphatic heterocycles. The van der Waals surface area contributed by atoms with Crippen LogP contribution in [-0.4, -0.2) is 17.6 Å². The molecule has 0 saturated carbocycles. The van der Waals surface area contributed by atoms with Crippen LogP contribution in [0.15, 0.2) is 0 Å². The molecular weight excluding hydrogens is 144 g/mol. The fraction of sp³-hybridized carbons (Fsp3) is 0.857. The summed E-state index contributed by atoms with van der Waals surface area (Å²) >= 11 is 0. The van der Waals surface area contributed by atoms with Gasteiger partial charge >= 0.3 is 0 Å². The lowest BCUT2D eigenvalue weighted by atomic mass is 10.1. The molecular formula is C7H16N2O2. The number of nitrogens with one attached hydrogen (secondary N) is 1. The molecule has 0 saturated heterocycles. The molecule has 0 rings (SSSR count). The summed E-state index contributed by atoms with van der Waals surface area (Å²) in [5, 5.41) is 8.42. The number of hydrazine groups is 1. The molecule has 0 aromatic carbocycles. The van der Waals surface area contributed by atoms with Crippen LogP contribution in [0.1, 0.15) is 32.1 Å². The van der Waals surface area contributed by atoms with E-state index < -0.39 is 0 Å². The molecule has 0 aliphatic carbocycles. The molecule has 0 spiro atoms. The van der Waals surface area contributed by atoms with Crippen molar-refractivity contribution < 1.29 is 9.90 Å². The van der Waals surface area contributed by atoms with E-state index in [0.717, 1.165) is 25.7 Å². The maximum Gasteiger partial charge on any atom is 0.233 e. The zero-order valence-electron chi connectivity index (χ0n) is 6.68. The van der Waals surface area contributed by atoms with E-state index in [1.54, 1.807) is 0 Å². The molecule has 0 aromatic heterocycles. The first kappa shape index (κ1) is 10.4. The second-order valence-corrected chi connectivity index (χ2v) is 2.46. The summed E-state index contributed by atoms with van der Waals surface area (Å²) in [6.45, 7) is 0.239. The van der Waals surface area contributed by atoms with Crippen molar-refractivity contribution in [2.45, 2.75) is 32.1 Å². The van der Waals surface area contributed by atoms with Crippen LogP contribution >= 0.6 is 0 Å². The van der Waals surface area contributed by atoms with E-state index in [2.05, 4.69) is 5.43 Å². The predicted molar refractivity (Wildman–Crippen MR) is 42.5 cm³/mol. The third kappa shape index (κ3) is 7.29. The van der Waals surface area contributed by atoms with Gasteiger partial charge in [0.25, 0.3) is 0 Å². The van der Waals surface area contributed by atoms with Crippen molar-refractivity contribution in [2.24, 2.45) is 5.84 Å². The Bertz CT molecular complexity index is 107. The van der Waals surface area contributed by atoms with Gasteiger partial charge in [-0.3, -0.25) is 10.2 Å². The standard InChI is InChI=1S/C7H16N2O2/c8-9-7(11)5-3-1-2-4-6-10/h10H,1-6,8H2,(H,9,11). The summed E-state index contributed by atoms with van der Waals surface area (Å²) in [4.78, 5) is 10.6. The van der Waals surface area contributed by atoms with Crippen molar-refractivity contribution >= 4 is 5.91 Å². The predicted octanol–water partition coefficient (Wildman–Crippen LogP) is -0.0809. The van der Waals surface area contributed by atoms with Gasteiger partial charge in [0.1, 0.15) is 0 Å². The summed E-state index contributed by atoms with van der Waals surface area (Å²) in [6, 6.07) is 0. The lowest BCUT2D eigenvalue weighted by Gasteiger charge is -1.98. The molecule has 0 bridgehead atoms. The van der Waals surface area contributed by atoms with Crippen LogP contribution in [0.25, 0.3) is 0 Å². The lowest BCUT2D eigenvalue weighted by molar-refractivity contribution is -0.121. The minimum Gasteiger partial charge on any atom is -0.396 e. The molecule has 4 N–H and O–H groups in total. The summed E-state index contributed by atoms with van der Waals surface area (Å²) in [5.74, 6) is 4.76. The van der Waals surface area contributed by atoms with Gasteiger partial charge in [0, 0.05) is 13.0 Å². The van der Waals surface area contributed by atoms with Crippen molar-refractivity contribution in [3.05, 3.63) is 0 Å². The Morgan fingerprint density at radius 1 is 1.27 bits per heavy atom. The number of carbonyl (C=O) groups excluding carboxylic acids is 1. The smallest absolute Gasteiger partial charge is 0.233 e. The Balaban J connectivity index is 2.95. The quantitative estimate of drug-likeness (QED) is 0.220. The fourth-order valence-electron chi connectivity index (χ4n) is 0.823. The molecule has 0 heterocycles. The van der Waals surface area contributed by atoms with E-state index in [0.29, 0.717) is 6.42 Å². The van der Waals surface area contributed by atoms with Crippen LogP contribution in [0.3, 0.4) is 0 Å². The summed E-state index contributed by atoms with van der Waals surface area (Å²) in [5.41, 5.74) is 2.07. The monoisotopic (exact) mass is 160 g/mol. The van der Waals surface area contributed by atoms with Gasteiger partial charge in [-0.1, -0.05) is 12.8 Å². The summed E-state index contributed by atoms with van der Waals surface area (Å²) in [6.07, 6.45) is 4.12. The molecule has 66 valence electrons. The highest BCUT2D eigenvalue weighted by Crippen LogP contribution is 2.01. The van der Waals surface area contributed by atoms with Gasteiger partial charge in [-0.05, 0) is 12.8 Å². The Labute approximate surface area is 66.7 Å². The van der Waals surface area contributed by atoms with Gasteiger partial charge in [-0.2, -0.15) is 0 Å². The highest BCUT2D eigenvalue weighted by atomic mass is 16.2. The molecule has 0 aromatic rings. The van der Waals surface area contributed by atoms with Crippen molar-refractivity contribution in [2.75, 3.05) is 6.61 Å². The first-order chi connectivity index (χ1) is 5.31. The summed E-state index contributed by atoms with van der Waals surface area (Å²) < 4.78 is 0. The molecule has 0 radical (unpaired) electrons. The average molecular weight is 160 g/mol. The Morgan fingerprint density at radius 3 is 2.45 bits per heavy atom. The van der Waals surface area contributed by atoms with Gasteiger partial charge in [-0.25, -0.2) is 5.84 Å². The van der Waals surface area contributed by atoms with Crippen LogP contribution in [0.5, 0.6) is 0 Å². The largest absolute Gasteiger partial charge is 0.396 e. The number of aliphatic hydroxyl groups is 1. The highest BCUT2D eigenvalue weighted by Gasteiger charge is 1.96. The second kappa shape index (κ2) is 7.50. The van der Waals surface area contributed by atoms with Gasteiger partial charge in [0.05, 0.1) is 0 Å². The van der Waals surface area contributed by atoms with Crippen LogP contribution < -0.4 is 11.3 Å². The van der Waals surface area contributed by atoms with Crippen LogP contribution in [0.4, 0.5) is 0 Å². The minimum absolute atomic E-state index is 0.117. The number of rotatable bonds is 6. The number of hydrogen-bond acceptors (Lipinski definition) is 3. The number of nitrogens with two attached hydrogens (primary N) is 1. The SMILES string of the molecule is NNC(=O)CCCCCCO. The van der Waals surface area contributed by atoms with Crippen molar-refractivity contribution in [1.82, 2.24) is 5.43 Å². The van der Waals surface area contributed by atoms with E-state index in [9.17, 15) is 4.79 Å². The van der Waals surface area contributed by atoms with Crippen LogP contribution in [0.2, 0.25) is 0 Å². The Hall–Kier alpha value is -0.610. The lowest BCUT2D eigenvalue weighted by Crippen LogP contribution is -2.29. The molecule has 4 heteroatoms. The fourth-order valence-corrected chi connectivity index (χ4v) is 0.823. The van der Waals surface area contributed by atoms with E-state index in [1.165, 1.54) is 0 Å². The maximum atomic E-state index is 10.6. The number of unbranched alkanes of at least 4 members (excludes halogenated alkanes) is 3. The van der Waals surface area contributed by atoms with Gasteiger partial charge in [0.15, 0.2) is 0 Å². The number of hydrogen-bond donors (Lipinski definition) is 3. The zero-order chi connectivity index (χ0) is 8.53. The third-order valence-corrected chi connectivity index (χ3v) is 1.47. The van der Waals surface area contributed by atoms with Gasteiger partial charge in [0.2, 0.25) is 5.91 Å². The van der Waals surface area contributed by atoms with E-state index >= 15 is 0 Å². The number of aliphatic hydroxyl groups excluding tert-OH is 1. The molecule has 0 aliphatic rings. The first-order valence-corrected chi connectivity index (χ1v) is 3.91. The topological polar surface area (TPSA) is 75.3 Å². The Morgan fingerprint density at radius 2 is 1.91 bits per heavy atom. The molecule has 0 atom stereocenters. The van der Waals surface area contributed by atoms with Crippen molar-refractivity contribution in [3.8, 4) is 0 Å². The van der Waals surface area contributed by atoms with E-state index in [-0.39, 0.29) is 12.5 Å². The molecule has 11 heavy (non-hydrogen) atoms. The summed E-state index contributed by atoms with van der Waals surface area (Å²) in [7, 11) is 0. The maximum absolute atomic E-state index is 10.6. The molecule has 0 unspecified atom stereocenters. The highest BCUT2D eigenvalue weighted by molar-refractivity contribution is 5.74. The third-order valence-electron chi connectivity index (χ3n) is 1.47. The second-order valence-electron chi connectivity index (χ2n) is 2.46. The van der Waals surface area contributed by atoms with Gasteiger partial charge in [-0.15, -0.1) is 0 Å². The van der Waals surface area contributed by atoms with Crippen LogP contribution in [-0.2, 0) is 4.79 Å². The van der Waals surface area contributed by atoms with Gasteiger partial charge < -0.3 is 5.11 Å². The first-order valence-electron chi connectivity index (χ1n) is 3.91. The minimum atomic E-state index is -0.117. The van der Waals surface area contributed by atoms with Crippen molar-refractivity contribution in [1.29, 1.82) is 0 Å². The molecule has 1 amide bonds. The van der Waals surface area contributed by atoms with E-state index in [4.69, 9.17) is 10.9 Å². The average Bonchev–Trinajstić information content (AvgIpc) is 2.04. The number of carbonyl (C=O) groups is 1.